The minimum Gasteiger partial charge on any atom is -0.457 e. The molecule has 0 fully saturated rings. The minimum absolute atomic E-state index is 0.000851. The van der Waals surface area contributed by atoms with Crippen LogP contribution >= 0.6 is 0 Å². The van der Waals surface area contributed by atoms with Crippen LogP contribution in [0.4, 0.5) is 22.7 Å². The van der Waals surface area contributed by atoms with Crippen LogP contribution in [0.1, 0.15) is 151 Å². The second-order valence-electron chi connectivity index (χ2n) is 25.7. The smallest absolute Gasteiger partial charge is 0.137 e. The van der Waals surface area contributed by atoms with Crippen molar-refractivity contribution in [3.63, 3.8) is 0 Å². The minimum atomic E-state index is -0.868. The number of pyridine rings is 1. The largest absolute Gasteiger partial charge is 0.457 e. The van der Waals surface area contributed by atoms with Crippen LogP contribution in [0.15, 0.2) is 188 Å². The van der Waals surface area contributed by atoms with E-state index in [0.29, 0.717) is 79.3 Å². The lowest BCUT2D eigenvalue weighted by molar-refractivity contribution is 0.332. The van der Waals surface area contributed by atoms with Crippen LogP contribution in [-0.4, -0.2) is 16.2 Å². The lowest BCUT2D eigenvalue weighted by Gasteiger charge is -2.42. The van der Waals surface area contributed by atoms with Crippen molar-refractivity contribution >= 4 is 44.6 Å². The van der Waals surface area contributed by atoms with Crippen molar-refractivity contribution in [1.82, 2.24) is 9.55 Å². The first-order valence-electron chi connectivity index (χ1n) is 34.8. The highest BCUT2D eigenvalue weighted by Crippen LogP contribution is 2.54. The topological polar surface area (TPSA) is 33.5 Å². The molecule has 5 heteroatoms. The van der Waals surface area contributed by atoms with E-state index < -0.39 is 57.9 Å². The van der Waals surface area contributed by atoms with E-state index in [2.05, 4.69) is 53.4 Å². The van der Waals surface area contributed by atoms with Crippen molar-refractivity contribution in [3.8, 4) is 50.7 Å². The number of hydrogen-bond acceptors (Lipinski definition) is 4. The van der Waals surface area contributed by atoms with Crippen LogP contribution in [-0.2, 0) is 27.1 Å². The molecule has 79 heavy (non-hydrogen) atoms. The lowest BCUT2D eigenvalue weighted by atomic mass is 9.63. The van der Waals surface area contributed by atoms with E-state index >= 15 is 0 Å². The quantitative estimate of drug-likeness (QED) is 0.152. The van der Waals surface area contributed by atoms with Gasteiger partial charge in [0.1, 0.15) is 24.0 Å². The summed E-state index contributed by atoms with van der Waals surface area (Å²) in [6.45, 7) is 25.9. The summed E-state index contributed by atoms with van der Waals surface area (Å²) in [4.78, 5) is 8.82. The van der Waals surface area contributed by atoms with E-state index in [9.17, 15) is 12.3 Å². The normalized spacial score (nSPS) is 17.8. The van der Waals surface area contributed by atoms with Crippen LogP contribution in [0.2, 0.25) is 0 Å². The van der Waals surface area contributed by atoms with E-state index in [4.69, 9.17) is 17.9 Å². The lowest BCUT2D eigenvalue weighted by Crippen LogP contribution is -2.33. The zero-order valence-electron chi connectivity index (χ0n) is 62.6. The molecule has 0 bridgehead atoms. The molecular weight excluding hydrogens is 961 g/mol. The number of rotatable bonds is 8. The van der Waals surface area contributed by atoms with Crippen LogP contribution in [0, 0.1) is 0 Å². The van der Waals surface area contributed by atoms with Crippen LogP contribution in [0.25, 0.3) is 61.0 Å². The van der Waals surface area contributed by atoms with Gasteiger partial charge in [0, 0.05) is 45.9 Å². The van der Waals surface area contributed by atoms with Gasteiger partial charge in [0.2, 0.25) is 0 Å². The maximum absolute atomic E-state index is 10.5. The third kappa shape index (κ3) is 9.49. The van der Waals surface area contributed by atoms with Crippen LogP contribution in [0.5, 0.6) is 11.5 Å². The molecule has 0 amide bonds. The Balaban J connectivity index is 1.08. The van der Waals surface area contributed by atoms with Crippen molar-refractivity contribution in [2.75, 3.05) is 16.5 Å². The summed E-state index contributed by atoms with van der Waals surface area (Å²) in [5.41, 5.74) is 3.41. The zero-order chi connectivity index (χ0) is 68.4. The van der Waals surface area contributed by atoms with Gasteiger partial charge >= 0.3 is 0 Å². The SMILES string of the molecule is [2H]c1c([2H])c(-c2c([2H])c([2H])c(-c3cc(C(C)(C)C)cc(-c4c([2H])c([2H])c5c(c4[2H])C(C)(C)CCC5(C)C)c3N3CN(c4cccc(Oc5ccc6c7c([2H])c([2H])c([2H])c([2H])c7n(-c7cc(C(C)(C)C)ccn7)c6c5)c4)c4ccccc43)c([2H])c2[2H])c([2H])c(C(C)(C)C)c1[2H]. The summed E-state index contributed by atoms with van der Waals surface area (Å²) in [6, 6.07) is 23.2. The fourth-order valence-electron chi connectivity index (χ4n) is 11.1. The van der Waals surface area contributed by atoms with Crippen LogP contribution in [0.3, 0.4) is 0 Å². The molecule has 0 saturated heterocycles. The van der Waals surface area contributed by atoms with Gasteiger partial charge < -0.3 is 14.5 Å². The fraction of sp³-hybridized carbons (Fsp3) is 0.284. The van der Waals surface area contributed by atoms with Crippen LogP contribution < -0.4 is 14.5 Å². The zero-order valence-corrected chi connectivity index (χ0v) is 47.6. The van der Waals surface area contributed by atoms with E-state index in [0.717, 1.165) is 17.7 Å². The first-order chi connectivity index (χ1) is 43.8. The summed E-state index contributed by atoms with van der Waals surface area (Å²) in [7, 11) is 0. The molecule has 3 heterocycles. The number of hydrogen-bond donors (Lipinski definition) is 0. The molecule has 1 aliphatic heterocycles. The fourth-order valence-corrected chi connectivity index (χ4v) is 11.1. The van der Waals surface area contributed by atoms with Crippen molar-refractivity contribution < 1.29 is 25.3 Å². The first-order valence-corrected chi connectivity index (χ1v) is 27.3. The second kappa shape index (κ2) is 18.9. The van der Waals surface area contributed by atoms with Crippen molar-refractivity contribution in [1.29, 1.82) is 0 Å². The van der Waals surface area contributed by atoms with Gasteiger partial charge in [-0.25, -0.2) is 4.98 Å². The highest BCUT2D eigenvalue weighted by molar-refractivity contribution is 6.09. The summed E-state index contributed by atoms with van der Waals surface area (Å²) in [5.74, 6) is 1.31. The van der Waals surface area contributed by atoms with E-state index in [1.165, 1.54) is 0 Å². The third-order valence-corrected chi connectivity index (χ3v) is 15.9. The molecule has 2 aromatic heterocycles. The molecule has 12 rings (SSSR count). The predicted molar refractivity (Wildman–Crippen MR) is 335 cm³/mol. The number of nitrogens with zero attached hydrogens (tertiary/aromatic N) is 4. The molecule has 0 N–H and O–H groups in total. The standard InChI is InChI=1S/C74H76N4O/c1-70(2,3)52-21-18-20-50(40-52)48-28-30-49(31-29-48)60-42-54(72(7,8)9)43-61(51-32-35-62-63(41-51)74(12,13)38-37-73(62,10)11)69(60)77-47-76(65-26-16-17-27-66(65)77)55-22-19-23-56(45-55)79-57-33-34-59-58-24-14-15-25-64(58)78(67(59)46-57)68-44-53(36-39-75-68)71(4,5)6/h14-36,39-46H,37-38,47H2,1-13H3/i14D,15D,18D,20D,21D,24D,25D,28D,29D,30D,31D,32D,35D,40D,41D. The van der Waals surface area contributed by atoms with Gasteiger partial charge in [-0.2, -0.15) is 0 Å². The maximum atomic E-state index is 10.5. The Kier molecular flexibility index (Phi) is 8.87. The average molecular weight is 1050 g/mol. The van der Waals surface area contributed by atoms with E-state index in [1.807, 2.05) is 105 Å². The Labute approximate surface area is 490 Å². The van der Waals surface area contributed by atoms with Crippen molar-refractivity contribution in [3.05, 3.63) is 216 Å². The average Bonchev–Trinajstić information content (AvgIpc) is 1.02. The Morgan fingerprint density at radius 1 is 0.494 bits per heavy atom. The Bertz CT molecular complexity index is 4870. The number of benzene rings is 8. The van der Waals surface area contributed by atoms with Crippen molar-refractivity contribution in [2.24, 2.45) is 0 Å². The second-order valence-corrected chi connectivity index (χ2v) is 25.7. The van der Waals surface area contributed by atoms with E-state index in [1.54, 1.807) is 43.7 Å². The summed E-state index contributed by atoms with van der Waals surface area (Å²) < 4.78 is 151. The molecule has 2 aliphatic rings. The summed E-state index contributed by atoms with van der Waals surface area (Å²) in [6.07, 6.45) is 3.16. The van der Waals surface area contributed by atoms with Gasteiger partial charge in [-0.15, -0.1) is 0 Å². The molecule has 8 aromatic carbocycles. The number of anilines is 4. The molecule has 5 nitrogen and oxygen atoms in total. The molecule has 0 spiro atoms. The Morgan fingerprint density at radius 2 is 1.14 bits per heavy atom. The maximum Gasteiger partial charge on any atom is 0.137 e. The highest BCUT2D eigenvalue weighted by Gasteiger charge is 2.38. The van der Waals surface area contributed by atoms with Gasteiger partial charge in [0.15, 0.2) is 0 Å². The Morgan fingerprint density at radius 3 is 1.86 bits per heavy atom. The predicted octanol–water partition coefficient (Wildman–Crippen LogP) is 20.5. The number of fused-ring (bicyclic) bond motifs is 5. The molecule has 0 unspecified atom stereocenters. The summed E-state index contributed by atoms with van der Waals surface area (Å²) in [5, 5.41) is 0.928. The number of para-hydroxylation sites is 3. The Hall–Kier alpha value is -7.89. The first kappa shape index (κ1) is 37.1. The van der Waals surface area contributed by atoms with Gasteiger partial charge in [-0.1, -0.05) is 193 Å². The van der Waals surface area contributed by atoms with Gasteiger partial charge in [0.25, 0.3) is 0 Å². The third-order valence-electron chi connectivity index (χ3n) is 15.9. The van der Waals surface area contributed by atoms with Gasteiger partial charge in [-0.3, -0.25) is 4.57 Å². The molecule has 398 valence electrons. The molecule has 0 saturated carbocycles. The molecule has 0 radical (unpaired) electrons. The van der Waals surface area contributed by atoms with Gasteiger partial charge in [-0.05, 0) is 157 Å². The molecular formula is C74H76N4O. The van der Waals surface area contributed by atoms with Gasteiger partial charge in [0.05, 0.1) is 48.7 Å². The molecule has 0 atom stereocenters. The molecule has 1 aliphatic carbocycles. The number of aromatic nitrogens is 2. The summed E-state index contributed by atoms with van der Waals surface area (Å²) >= 11 is 0. The monoisotopic (exact) mass is 1050 g/mol. The van der Waals surface area contributed by atoms with Crippen molar-refractivity contribution in [2.45, 2.75) is 130 Å². The highest BCUT2D eigenvalue weighted by atomic mass is 16.5. The number of ether oxygens (including phenoxy) is 1. The van der Waals surface area contributed by atoms with E-state index in [-0.39, 0.29) is 105 Å². The molecule has 10 aromatic rings.